The molecule has 8 nitrogen and oxygen atoms in total. The number of aromatic nitrogens is 2. The van der Waals surface area contributed by atoms with Crippen LogP contribution in [-0.2, 0) is 18.3 Å². The van der Waals surface area contributed by atoms with Gasteiger partial charge in [0.25, 0.3) is 11.5 Å². The zero-order chi connectivity index (χ0) is 27.8. The van der Waals surface area contributed by atoms with Crippen LogP contribution >= 0.6 is 23.2 Å². The normalized spacial score (nSPS) is 12.0. The molecule has 0 aliphatic carbocycles. The van der Waals surface area contributed by atoms with E-state index in [1.54, 1.807) is 43.4 Å². The molecule has 1 aromatic heterocycles. The van der Waals surface area contributed by atoms with Gasteiger partial charge in [-0.25, -0.2) is 14.2 Å². The summed E-state index contributed by atoms with van der Waals surface area (Å²) in [5.74, 6) is -1.96. The van der Waals surface area contributed by atoms with Crippen LogP contribution in [0.4, 0.5) is 0 Å². The quantitative estimate of drug-likeness (QED) is 0.295. The highest BCUT2D eigenvalue weighted by Crippen LogP contribution is 2.24. The Morgan fingerprint density at radius 2 is 1.51 bits per heavy atom. The first-order chi connectivity index (χ1) is 18.7. The van der Waals surface area contributed by atoms with Gasteiger partial charge in [-0.2, -0.15) is 0 Å². The number of nitrogens with one attached hydrogen (secondary N) is 1. The van der Waals surface area contributed by atoms with Gasteiger partial charge in [-0.1, -0.05) is 65.7 Å². The van der Waals surface area contributed by atoms with Gasteiger partial charge in [-0.05, 0) is 52.7 Å². The van der Waals surface area contributed by atoms with Crippen molar-refractivity contribution < 1.29 is 14.7 Å². The fourth-order valence-electron chi connectivity index (χ4n) is 4.53. The molecule has 1 amide bonds. The van der Waals surface area contributed by atoms with Crippen molar-refractivity contribution in [3.8, 4) is 5.69 Å². The number of hydrogen-bond donors (Lipinski definition) is 2. The molecule has 39 heavy (non-hydrogen) atoms. The maximum Gasteiger partial charge on any atom is 0.335 e. The van der Waals surface area contributed by atoms with Gasteiger partial charge in [0, 0.05) is 13.5 Å². The molecule has 0 aliphatic rings. The molecule has 0 spiro atoms. The number of nitrogens with zero attached hydrogens (tertiary/aromatic N) is 2. The summed E-state index contributed by atoms with van der Waals surface area (Å²) in [6.45, 7) is 0. The average molecular weight is 562 g/mol. The lowest BCUT2D eigenvalue weighted by molar-refractivity contribution is -0.139. The number of benzene rings is 4. The van der Waals surface area contributed by atoms with E-state index in [1.807, 2.05) is 30.3 Å². The van der Waals surface area contributed by atoms with Crippen molar-refractivity contribution in [2.24, 2.45) is 7.05 Å². The number of aryl methyl sites for hydroxylation is 1. The summed E-state index contributed by atoms with van der Waals surface area (Å²) in [6.07, 6.45) is -0.0555. The lowest BCUT2D eigenvalue weighted by Crippen LogP contribution is -2.42. The fourth-order valence-corrected chi connectivity index (χ4v) is 5.10. The van der Waals surface area contributed by atoms with E-state index in [-0.39, 0.29) is 22.0 Å². The summed E-state index contributed by atoms with van der Waals surface area (Å²) in [4.78, 5) is 51.2. The Morgan fingerprint density at radius 3 is 2.13 bits per heavy atom. The Labute approximate surface area is 231 Å². The zero-order valence-electron chi connectivity index (χ0n) is 20.5. The van der Waals surface area contributed by atoms with Gasteiger partial charge in [-0.15, -0.1) is 0 Å². The molecule has 0 aliphatic heterocycles. The van der Waals surface area contributed by atoms with E-state index >= 15 is 0 Å². The van der Waals surface area contributed by atoms with Gasteiger partial charge < -0.3 is 10.4 Å². The van der Waals surface area contributed by atoms with E-state index < -0.39 is 29.2 Å². The largest absolute Gasteiger partial charge is 0.480 e. The molecular weight excluding hydrogens is 541 g/mol. The summed E-state index contributed by atoms with van der Waals surface area (Å²) in [5, 5.41) is 14.6. The number of aliphatic carboxylic acids is 1. The zero-order valence-corrected chi connectivity index (χ0v) is 22.0. The Bertz CT molecular complexity index is 1870. The predicted molar refractivity (Wildman–Crippen MR) is 151 cm³/mol. The third-order valence-corrected chi connectivity index (χ3v) is 7.19. The Balaban J connectivity index is 1.46. The molecule has 10 heteroatoms. The molecule has 1 atom stereocenters. The molecule has 1 heterocycles. The van der Waals surface area contributed by atoms with Crippen LogP contribution in [0.2, 0.25) is 10.0 Å². The number of halogens is 2. The number of rotatable bonds is 6. The molecule has 4 aromatic carbocycles. The lowest BCUT2D eigenvalue weighted by atomic mass is 10.0. The van der Waals surface area contributed by atoms with Crippen molar-refractivity contribution in [2.75, 3.05) is 0 Å². The first-order valence-electron chi connectivity index (χ1n) is 11.9. The van der Waals surface area contributed by atoms with Crippen LogP contribution in [0.15, 0.2) is 88.5 Å². The highest BCUT2D eigenvalue weighted by atomic mass is 35.5. The summed E-state index contributed by atoms with van der Waals surface area (Å²) in [7, 11) is 1.61. The number of amides is 1. The molecule has 0 saturated heterocycles. The summed E-state index contributed by atoms with van der Waals surface area (Å²) >= 11 is 12.2. The first kappa shape index (κ1) is 26.2. The third-order valence-electron chi connectivity index (χ3n) is 6.56. The molecular formula is C29H21Cl2N3O5. The first-order valence-corrected chi connectivity index (χ1v) is 12.6. The monoisotopic (exact) mass is 561 g/mol. The number of carbonyl (C=O) groups excluding carboxylic acids is 1. The molecule has 5 aromatic rings. The van der Waals surface area contributed by atoms with Gasteiger partial charge in [0.15, 0.2) is 0 Å². The second-order valence-corrected chi connectivity index (χ2v) is 9.84. The van der Waals surface area contributed by atoms with Crippen LogP contribution in [-0.4, -0.2) is 32.2 Å². The third kappa shape index (κ3) is 4.92. The maximum absolute atomic E-state index is 13.4. The minimum atomic E-state index is -1.28. The van der Waals surface area contributed by atoms with E-state index in [2.05, 4.69) is 5.32 Å². The van der Waals surface area contributed by atoms with Gasteiger partial charge in [-0.3, -0.25) is 14.2 Å². The minimum Gasteiger partial charge on any atom is -0.480 e. The second-order valence-electron chi connectivity index (χ2n) is 9.03. The number of hydrogen-bond acceptors (Lipinski definition) is 4. The van der Waals surface area contributed by atoms with Gasteiger partial charge in [0.1, 0.15) is 6.04 Å². The van der Waals surface area contributed by atoms with Crippen molar-refractivity contribution in [1.82, 2.24) is 14.5 Å². The summed E-state index contributed by atoms with van der Waals surface area (Å²) in [5.41, 5.74) is 0.435. The fraction of sp³-hybridized carbons (Fsp3) is 0.103. The van der Waals surface area contributed by atoms with Crippen molar-refractivity contribution in [3.05, 3.63) is 121 Å². The number of carbonyl (C=O) groups is 2. The summed E-state index contributed by atoms with van der Waals surface area (Å²) in [6, 6.07) is 20.8. The molecule has 196 valence electrons. The van der Waals surface area contributed by atoms with Crippen LogP contribution in [0, 0.1) is 0 Å². The highest BCUT2D eigenvalue weighted by Gasteiger charge is 2.24. The van der Waals surface area contributed by atoms with Gasteiger partial charge in [0.05, 0.1) is 32.2 Å². The van der Waals surface area contributed by atoms with Crippen molar-refractivity contribution in [3.63, 3.8) is 0 Å². The molecule has 0 saturated carbocycles. The van der Waals surface area contributed by atoms with Crippen molar-refractivity contribution in [1.29, 1.82) is 0 Å². The van der Waals surface area contributed by atoms with E-state index in [4.69, 9.17) is 23.2 Å². The number of carboxylic acids is 1. The Hall–Kier alpha value is -4.40. The van der Waals surface area contributed by atoms with Crippen molar-refractivity contribution in [2.45, 2.75) is 12.5 Å². The molecule has 0 fully saturated rings. The standard InChI is InChI=1S/C29H21Cl2N3O5/c1-33-24-15-18-6-3-2-5-17(18)14-20(24)27(36)34(29(33)39)19-11-9-16(10-12-19)13-23(28(37)38)32-26(35)25-21(30)7-4-8-22(25)31/h2-12,14-15,23H,13H2,1H3,(H,32,35)(H,37,38). The van der Waals surface area contributed by atoms with Crippen molar-refractivity contribution >= 4 is 56.8 Å². The van der Waals surface area contributed by atoms with E-state index in [0.29, 0.717) is 22.2 Å². The molecule has 0 radical (unpaired) electrons. The molecule has 2 N–H and O–H groups in total. The van der Waals surface area contributed by atoms with Crippen LogP contribution in [0.1, 0.15) is 15.9 Å². The van der Waals surface area contributed by atoms with Crippen LogP contribution in [0.25, 0.3) is 27.4 Å². The van der Waals surface area contributed by atoms with E-state index in [0.717, 1.165) is 15.3 Å². The highest BCUT2D eigenvalue weighted by molar-refractivity contribution is 6.39. The molecule has 0 bridgehead atoms. The number of carboxylic acid groups (broad SMARTS) is 1. The predicted octanol–water partition coefficient (Wildman–Crippen LogP) is 4.58. The Kier molecular flexibility index (Phi) is 6.99. The molecule has 5 rings (SSSR count). The van der Waals surface area contributed by atoms with E-state index in [9.17, 15) is 24.3 Å². The van der Waals surface area contributed by atoms with Gasteiger partial charge >= 0.3 is 11.7 Å². The topological polar surface area (TPSA) is 110 Å². The SMILES string of the molecule is Cn1c(=O)n(-c2ccc(CC(NC(=O)c3c(Cl)cccc3Cl)C(=O)O)cc2)c(=O)c2cc3ccccc3cc21. The van der Waals surface area contributed by atoms with Crippen LogP contribution in [0.5, 0.6) is 0 Å². The minimum absolute atomic E-state index is 0.0123. The number of fused-ring (bicyclic) bond motifs is 2. The maximum atomic E-state index is 13.4. The smallest absolute Gasteiger partial charge is 0.335 e. The average Bonchev–Trinajstić information content (AvgIpc) is 2.91. The summed E-state index contributed by atoms with van der Waals surface area (Å²) < 4.78 is 2.50. The Morgan fingerprint density at radius 1 is 0.897 bits per heavy atom. The van der Waals surface area contributed by atoms with Gasteiger partial charge in [0.2, 0.25) is 0 Å². The lowest BCUT2D eigenvalue weighted by Gasteiger charge is -2.16. The second kappa shape index (κ2) is 10.4. The van der Waals surface area contributed by atoms with Crippen LogP contribution < -0.4 is 16.6 Å². The molecule has 1 unspecified atom stereocenters. The van der Waals surface area contributed by atoms with Crippen LogP contribution in [0.3, 0.4) is 0 Å². The van der Waals surface area contributed by atoms with E-state index in [1.165, 1.54) is 16.7 Å².